The van der Waals surface area contributed by atoms with Gasteiger partial charge in [0.15, 0.2) is 0 Å². The second-order valence-corrected chi connectivity index (χ2v) is 4.63. The summed E-state index contributed by atoms with van der Waals surface area (Å²) in [4.78, 5) is 36.3. The molecule has 2 amide bonds. The van der Waals surface area contributed by atoms with Crippen molar-refractivity contribution in [2.45, 2.75) is 32.2 Å². The molecule has 1 aliphatic rings. The third-order valence-electron chi connectivity index (χ3n) is 3.33. The molecule has 1 heterocycles. The third-order valence-corrected chi connectivity index (χ3v) is 3.33. The number of carboxylic acid groups (broad SMARTS) is 1. The molecule has 1 aliphatic heterocycles. The van der Waals surface area contributed by atoms with Crippen LogP contribution in [0.15, 0.2) is 24.3 Å². The minimum absolute atomic E-state index is 0.224. The van der Waals surface area contributed by atoms with Gasteiger partial charge in [-0.1, -0.05) is 18.2 Å². The molecular formula is C14H15NO4. The van der Waals surface area contributed by atoms with Gasteiger partial charge < -0.3 is 5.11 Å². The Morgan fingerprint density at radius 1 is 1.32 bits per heavy atom. The summed E-state index contributed by atoms with van der Waals surface area (Å²) >= 11 is 0. The molecule has 100 valence electrons. The van der Waals surface area contributed by atoms with Gasteiger partial charge in [-0.05, 0) is 31.4 Å². The Balaban J connectivity index is 2.37. The largest absolute Gasteiger partial charge is 0.480 e. The molecule has 1 N–H and O–H groups in total. The van der Waals surface area contributed by atoms with E-state index < -0.39 is 23.8 Å². The molecule has 0 aliphatic carbocycles. The Hall–Kier alpha value is -2.17. The van der Waals surface area contributed by atoms with Crippen molar-refractivity contribution in [1.29, 1.82) is 0 Å². The number of imide groups is 1. The number of carbonyl (C=O) groups excluding carboxylic acids is 2. The number of benzene rings is 1. The highest BCUT2D eigenvalue weighted by atomic mass is 16.4. The Kier molecular flexibility index (Phi) is 3.64. The predicted molar refractivity (Wildman–Crippen MR) is 67.6 cm³/mol. The third kappa shape index (κ3) is 2.50. The van der Waals surface area contributed by atoms with Gasteiger partial charge in [-0.15, -0.1) is 0 Å². The first-order valence-electron chi connectivity index (χ1n) is 6.17. The number of likely N-dealkylation sites (tertiary alicyclic amines) is 1. The Morgan fingerprint density at radius 2 is 2.00 bits per heavy atom. The molecule has 0 saturated carbocycles. The zero-order valence-electron chi connectivity index (χ0n) is 10.6. The number of hydrogen-bond donors (Lipinski definition) is 1. The van der Waals surface area contributed by atoms with Crippen LogP contribution in [0.4, 0.5) is 0 Å². The Morgan fingerprint density at radius 3 is 2.63 bits per heavy atom. The second-order valence-electron chi connectivity index (χ2n) is 4.63. The topological polar surface area (TPSA) is 74.7 Å². The van der Waals surface area contributed by atoms with Gasteiger partial charge in [-0.3, -0.25) is 14.5 Å². The lowest BCUT2D eigenvalue weighted by atomic mass is 9.99. The van der Waals surface area contributed by atoms with Crippen molar-refractivity contribution >= 4 is 17.8 Å². The van der Waals surface area contributed by atoms with E-state index in [1.165, 1.54) is 0 Å². The van der Waals surface area contributed by atoms with E-state index in [1.54, 1.807) is 31.2 Å². The van der Waals surface area contributed by atoms with Gasteiger partial charge in [0.2, 0.25) is 5.91 Å². The van der Waals surface area contributed by atoms with Crippen LogP contribution >= 0.6 is 0 Å². The highest BCUT2D eigenvalue weighted by molar-refractivity contribution is 6.08. The van der Waals surface area contributed by atoms with Gasteiger partial charge in [0.05, 0.1) is 0 Å². The lowest BCUT2D eigenvalue weighted by molar-refractivity contribution is -0.150. The summed E-state index contributed by atoms with van der Waals surface area (Å²) in [5, 5.41) is 9.15. The highest BCUT2D eigenvalue weighted by Gasteiger charge is 2.38. The summed E-state index contributed by atoms with van der Waals surface area (Å²) in [7, 11) is 0. The SMILES string of the molecule is Cc1ccccc1C(=O)N1C(=O)CCCC1C(=O)O. The fraction of sp³-hybridized carbons (Fsp3) is 0.357. The quantitative estimate of drug-likeness (QED) is 0.820. The van der Waals surface area contributed by atoms with Crippen LogP contribution in [0.1, 0.15) is 35.2 Å². The van der Waals surface area contributed by atoms with E-state index in [1.807, 2.05) is 0 Å². The van der Waals surface area contributed by atoms with Crippen molar-refractivity contribution in [3.63, 3.8) is 0 Å². The number of rotatable bonds is 2. The second kappa shape index (κ2) is 5.22. The number of hydrogen-bond acceptors (Lipinski definition) is 3. The van der Waals surface area contributed by atoms with E-state index >= 15 is 0 Å². The van der Waals surface area contributed by atoms with Crippen molar-refractivity contribution in [2.24, 2.45) is 0 Å². The summed E-state index contributed by atoms with van der Waals surface area (Å²) in [5.41, 5.74) is 1.11. The molecule has 1 atom stereocenters. The van der Waals surface area contributed by atoms with Gasteiger partial charge in [0.25, 0.3) is 5.91 Å². The maximum Gasteiger partial charge on any atom is 0.326 e. The van der Waals surface area contributed by atoms with Crippen LogP contribution in [0, 0.1) is 6.92 Å². The Labute approximate surface area is 110 Å². The predicted octanol–water partition coefficient (Wildman–Crippen LogP) is 1.60. The van der Waals surface area contributed by atoms with E-state index in [2.05, 4.69) is 0 Å². The molecule has 1 saturated heterocycles. The van der Waals surface area contributed by atoms with Crippen LogP contribution in [-0.2, 0) is 9.59 Å². The number of aliphatic carboxylic acids is 1. The van der Waals surface area contributed by atoms with Crippen LogP contribution in [-0.4, -0.2) is 33.8 Å². The summed E-state index contributed by atoms with van der Waals surface area (Å²) in [6.45, 7) is 1.76. The summed E-state index contributed by atoms with van der Waals surface area (Å²) in [5.74, 6) is -2.06. The van der Waals surface area contributed by atoms with Crippen molar-refractivity contribution in [1.82, 2.24) is 4.90 Å². The van der Waals surface area contributed by atoms with Gasteiger partial charge in [-0.2, -0.15) is 0 Å². The number of aryl methyl sites for hydroxylation is 1. The summed E-state index contributed by atoms with van der Waals surface area (Å²) < 4.78 is 0. The standard InChI is InChI=1S/C14H15NO4/c1-9-5-2-3-6-10(9)13(17)15-11(14(18)19)7-4-8-12(15)16/h2-3,5-6,11H,4,7-8H2,1H3,(H,18,19). The smallest absolute Gasteiger partial charge is 0.326 e. The lowest BCUT2D eigenvalue weighted by Gasteiger charge is -2.31. The molecule has 19 heavy (non-hydrogen) atoms. The van der Waals surface area contributed by atoms with E-state index in [4.69, 9.17) is 5.11 Å². The van der Waals surface area contributed by atoms with E-state index in [0.29, 0.717) is 18.4 Å². The number of carboxylic acids is 1. The highest BCUT2D eigenvalue weighted by Crippen LogP contribution is 2.22. The molecular weight excluding hydrogens is 246 g/mol. The first-order chi connectivity index (χ1) is 9.02. The molecule has 0 bridgehead atoms. The van der Waals surface area contributed by atoms with Crippen LogP contribution in [0.2, 0.25) is 0 Å². The fourth-order valence-electron chi connectivity index (χ4n) is 2.30. The Bertz CT molecular complexity index is 538. The van der Waals surface area contributed by atoms with Crippen LogP contribution in [0.25, 0.3) is 0 Å². The molecule has 2 rings (SSSR count). The molecule has 1 fully saturated rings. The molecule has 0 radical (unpaired) electrons. The molecule has 5 heteroatoms. The zero-order chi connectivity index (χ0) is 14.0. The van der Waals surface area contributed by atoms with Crippen LogP contribution < -0.4 is 0 Å². The maximum atomic E-state index is 12.4. The minimum atomic E-state index is -1.13. The molecule has 1 aromatic rings. The van der Waals surface area contributed by atoms with Crippen molar-refractivity contribution in [2.75, 3.05) is 0 Å². The van der Waals surface area contributed by atoms with Gasteiger partial charge in [-0.25, -0.2) is 4.79 Å². The lowest BCUT2D eigenvalue weighted by Crippen LogP contribution is -2.51. The number of nitrogens with zero attached hydrogens (tertiary/aromatic N) is 1. The van der Waals surface area contributed by atoms with E-state index in [-0.39, 0.29) is 6.42 Å². The normalized spacial score (nSPS) is 19.3. The maximum absolute atomic E-state index is 12.4. The molecule has 0 spiro atoms. The van der Waals surface area contributed by atoms with Crippen LogP contribution in [0.3, 0.4) is 0 Å². The van der Waals surface area contributed by atoms with E-state index in [9.17, 15) is 14.4 Å². The minimum Gasteiger partial charge on any atom is -0.480 e. The zero-order valence-corrected chi connectivity index (χ0v) is 10.6. The number of carbonyl (C=O) groups is 3. The fourth-order valence-corrected chi connectivity index (χ4v) is 2.30. The molecule has 5 nitrogen and oxygen atoms in total. The molecule has 1 unspecified atom stereocenters. The average molecular weight is 261 g/mol. The van der Waals surface area contributed by atoms with Gasteiger partial charge >= 0.3 is 5.97 Å². The first kappa shape index (κ1) is 13.3. The van der Waals surface area contributed by atoms with Crippen molar-refractivity contribution in [3.8, 4) is 0 Å². The van der Waals surface area contributed by atoms with Crippen molar-refractivity contribution < 1.29 is 19.5 Å². The summed E-state index contributed by atoms with van der Waals surface area (Å²) in [6.07, 6.45) is 1.05. The van der Waals surface area contributed by atoms with Gasteiger partial charge in [0.1, 0.15) is 6.04 Å². The first-order valence-corrected chi connectivity index (χ1v) is 6.17. The van der Waals surface area contributed by atoms with Crippen LogP contribution in [0.5, 0.6) is 0 Å². The number of piperidine rings is 1. The van der Waals surface area contributed by atoms with Gasteiger partial charge in [0, 0.05) is 12.0 Å². The summed E-state index contributed by atoms with van der Waals surface area (Å²) in [6, 6.07) is 5.81. The van der Waals surface area contributed by atoms with Crippen molar-refractivity contribution in [3.05, 3.63) is 35.4 Å². The molecule has 1 aromatic carbocycles. The average Bonchev–Trinajstić information content (AvgIpc) is 2.38. The molecule has 0 aromatic heterocycles. The monoisotopic (exact) mass is 261 g/mol. The van der Waals surface area contributed by atoms with E-state index in [0.717, 1.165) is 10.5 Å². The number of amides is 2.